The van der Waals surface area contributed by atoms with Crippen LogP contribution in [0, 0.1) is 31.3 Å². The summed E-state index contributed by atoms with van der Waals surface area (Å²) in [6, 6.07) is 8.47. The van der Waals surface area contributed by atoms with Crippen LogP contribution in [0.2, 0.25) is 0 Å². The monoisotopic (exact) mass is 390 g/mol. The van der Waals surface area contributed by atoms with Gasteiger partial charge >= 0.3 is 0 Å². The fourth-order valence-corrected chi connectivity index (χ4v) is 2.57. The number of rotatable bonds is 6. The maximum Gasteiger partial charge on any atom is 0.228 e. The third-order valence-corrected chi connectivity index (χ3v) is 4.16. The van der Waals surface area contributed by atoms with E-state index in [1.165, 1.54) is 0 Å². The second-order valence-electron chi connectivity index (χ2n) is 6.18. The first-order valence-corrected chi connectivity index (χ1v) is 8.42. The topological polar surface area (TPSA) is 64.4 Å². The van der Waals surface area contributed by atoms with Crippen LogP contribution in [0.3, 0.4) is 0 Å². The van der Waals surface area contributed by atoms with Crippen molar-refractivity contribution in [3.8, 4) is 5.75 Å². The number of carbonyl (C=O) groups excluding carboxylic acids is 1. The van der Waals surface area contributed by atoms with E-state index in [1.807, 2.05) is 6.92 Å². The van der Waals surface area contributed by atoms with Gasteiger partial charge in [0.25, 0.3) is 0 Å². The van der Waals surface area contributed by atoms with E-state index in [9.17, 15) is 18.0 Å². The van der Waals surface area contributed by atoms with Gasteiger partial charge in [0.15, 0.2) is 17.5 Å². The minimum atomic E-state index is -1.63. The first kappa shape index (κ1) is 19.5. The Morgan fingerprint density at radius 1 is 1.07 bits per heavy atom. The highest BCUT2D eigenvalue weighted by Gasteiger charge is 2.15. The lowest BCUT2D eigenvalue weighted by Crippen LogP contribution is -2.16. The number of carbonyl (C=O) groups is 1. The fraction of sp³-hybridized carbons (Fsp3) is 0.200. The van der Waals surface area contributed by atoms with Gasteiger partial charge in [-0.25, -0.2) is 13.2 Å². The summed E-state index contributed by atoms with van der Waals surface area (Å²) in [4.78, 5) is 12.0. The highest BCUT2D eigenvalue weighted by Crippen LogP contribution is 2.21. The van der Waals surface area contributed by atoms with Crippen LogP contribution in [0.15, 0.2) is 40.9 Å². The first-order chi connectivity index (χ1) is 13.3. The Kier molecular flexibility index (Phi) is 5.67. The van der Waals surface area contributed by atoms with Gasteiger partial charge in [-0.05, 0) is 43.7 Å². The molecule has 0 aliphatic rings. The van der Waals surface area contributed by atoms with Crippen molar-refractivity contribution in [1.29, 1.82) is 0 Å². The Bertz CT molecular complexity index is 981. The van der Waals surface area contributed by atoms with Gasteiger partial charge < -0.3 is 14.6 Å². The average Bonchev–Trinajstić information content (AvgIpc) is 2.99. The lowest BCUT2D eigenvalue weighted by atomic mass is 10.1. The standard InChI is InChI=1S/C20H17F3N2O3/c1-11-15(12(2)28-25-11)10-27-14-5-3-13(4-6-14)9-18(26)24-17-8-7-16(21)19(22)20(17)23/h3-8H,9-10H2,1-2H3,(H,24,26). The number of hydrogen-bond donors (Lipinski definition) is 1. The molecule has 8 heteroatoms. The molecule has 0 atom stereocenters. The van der Waals surface area contributed by atoms with E-state index >= 15 is 0 Å². The summed E-state index contributed by atoms with van der Waals surface area (Å²) in [5, 5.41) is 6.08. The van der Waals surface area contributed by atoms with E-state index in [-0.39, 0.29) is 6.42 Å². The summed E-state index contributed by atoms with van der Waals surface area (Å²) in [6.07, 6.45) is -0.0669. The predicted molar refractivity (Wildman–Crippen MR) is 95.4 cm³/mol. The van der Waals surface area contributed by atoms with Gasteiger partial charge in [0, 0.05) is 0 Å². The molecule has 1 amide bonds. The molecular weight excluding hydrogens is 373 g/mol. The summed E-state index contributed by atoms with van der Waals surface area (Å²) < 4.78 is 50.5. The molecule has 1 aromatic heterocycles. The minimum Gasteiger partial charge on any atom is -0.489 e. The molecule has 3 aromatic rings. The maximum atomic E-state index is 13.6. The van der Waals surface area contributed by atoms with E-state index in [0.29, 0.717) is 23.7 Å². The summed E-state index contributed by atoms with van der Waals surface area (Å²) in [6.45, 7) is 3.93. The van der Waals surface area contributed by atoms with Gasteiger partial charge in [-0.2, -0.15) is 0 Å². The van der Waals surface area contributed by atoms with Crippen LogP contribution in [0.25, 0.3) is 0 Å². The number of ether oxygens (including phenoxy) is 1. The number of aromatic nitrogens is 1. The second-order valence-corrected chi connectivity index (χ2v) is 6.18. The van der Waals surface area contributed by atoms with Crippen LogP contribution in [0.5, 0.6) is 5.75 Å². The number of halogens is 3. The Morgan fingerprint density at radius 3 is 2.43 bits per heavy atom. The number of amides is 1. The van der Waals surface area contributed by atoms with Crippen molar-refractivity contribution in [2.45, 2.75) is 26.9 Å². The zero-order chi connectivity index (χ0) is 20.3. The van der Waals surface area contributed by atoms with Crippen molar-refractivity contribution in [3.63, 3.8) is 0 Å². The van der Waals surface area contributed by atoms with Gasteiger partial charge in [0.05, 0.1) is 23.4 Å². The lowest BCUT2D eigenvalue weighted by Gasteiger charge is -2.09. The number of aryl methyl sites for hydroxylation is 2. The Balaban J connectivity index is 1.58. The van der Waals surface area contributed by atoms with Gasteiger partial charge in [-0.3, -0.25) is 4.79 Å². The third kappa shape index (κ3) is 4.33. The first-order valence-electron chi connectivity index (χ1n) is 8.42. The van der Waals surface area contributed by atoms with Crippen LogP contribution in [-0.2, 0) is 17.8 Å². The van der Waals surface area contributed by atoms with Gasteiger partial charge in [0.1, 0.15) is 18.1 Å². The highest BCUT2D eigenvalue weighted by molar-refractivity contribution is 5.92. The molecular formula is C20H17F3N2O3. The highest BCUT2D eigenvalue weighted by atomic mass is 19.2. The Labute approximate surface area is 159 Å². The molecule has 0 unspecified atom stereocenters. The van der Waals surface area contributed by atoms with Crippen molar-refractivity contribution in [3.05, 3.63) is 76.4 Å². The van der Waals surface area contributed by atoms with E-state index in [1.54, 1.807) is 31.2 Å². The molecule has 0 radical (unpaired) electrons. The molecule has 0 saturated heterocycles. The molecule has 0 saturated carbocycles. The van der Waals surface area contributed by atoms with Crippen LogP contribution in [-0.4, -0.2) is 11.1 Å². The van der Waals surface area contributed by atoms with E-state index in [4.69, 9.17) is 9.26 Å². The van der Waals surface area contributed by atoms with E-state index < -0.39 is 29.0 Å². The predicted octanol–water partition coefficient (Wildman–Crippen LogP) is 4.47. The zero-order valence-corrected chi connectivity index (χ0v) is 15.2. The van der Waals surface area contributed by atoms with Crippen LogP contribution in [0.1, 0.15) is 22.6 Å². The number of anilines is 1. The summed E-state index contributed by atoms with van der Waals surface area (Å²) >= 11 is 0. The number of nitrogens with zero attached hydrogens (tertiary/aromatic N) is 1. The molecule has 0 aliphatic carbocycles. The molecule has 146 valence electrons. The van der Waals surface area contributed by atoms with Crippen LogP contribution in [0.4, 0.5) is 18.9 Å². The molecule has 5 nitrogen and oxygen atoms in total. The molecule has 2 aromatic carbocycles. The number of nitrogens with one attached hydrogen (secondary N) is 1. The van der Waals surface area contributed by atoms with Crippen molar-refractivity contribution < 1.29 is 27.2 Å². The largest absolute Gasteiger partial charge is 0.489 e. The molecule has 28 heavy (non-hydrogen) atoms. The molecule has 1 N–H and O–H groups in total. The number of benzene rings is 2. The van der Waals surface area contributed by atoms with Crippen molar-refractivity contribution in [1.82, 2.24) is 5.16 Å². The Hall–Kier alpha value is -3.29. The molecule has 3 rings (SSSR count). The normalized spacial score (nSPS) is 10.8. The molecule has 0 bridgehead atoms. The second kappa shape index (κ2) is 8.16. The third-order valence-electron chi connectivity index (χ3n) is 4.16. The molecule has 1 heterocycles. The average molecular weight is 390 g/mol. The van der Waals surface area contributed by atoms with E-state index in [0.717, 1.165) is 23.4 Å². The molecule has 0 fully saturated rings. The smallest absolute Gasteiger partial charge is 0.228 e. The fourth-order valence-electron chi connectivity index (χ4n) is 2.57. The number of hydrogen-bond acceptors (Lipinski definition) is 4. The van der Waals surface area contributed by atoms with E-state index in [2.05, 4.69) is 10.5 Å². The minimum absolute atomic E-state index is 0.0669. The maximum absolute atomic E-state index is 13.6. The SMILES string of the molecule is Cc1noc(C)c1COc1ccc(CC(=O)Nc2ccc(F)c(F)c2F)cc1. The van der Waals surface area contributed by atoms with Gasteiger partial charge in [0.2, 0.25) is 5.91 Å². The van der Waals surface area contributed by atoms with Gasteiger partial charge in [-0.15, -0.1) is 0 Å². The quantitative estimate of drug-likeness (QED) is 0.631. The summed E-state index contributed by atoms with van der Waals surface area (Å²) in [7, 11) is 0. The lowest BCUT2D eigenvalue weighted by molar-refractivity contribution is -0.115. The zero-order valence-electron chi connectivity index (χ0n) is 15.2. The van der Waals surface area contributed by atoms with Crippen molar-refractivity contribution in [2.75, 3.05) is 5.32 Å². The summed E-state index contributed by atoms with van der Waals surface area (Å²) in [5.74, 6) is -3.66. The summed E-state index contributed by atoms with van der Waals surface area (Å²) in [5.41, 5.74) is 1.86. The van der Waals surface area contributed by atoms with Gasteiger partial charge in [-0.1, -0.05) is 17.3 Å². The molecule has 0 spiro atoms. The molecule has 0 aliphatic heterocycles. The van der Waals surface area contributed by atoms with Crippen LogP contribution >= 0.6 is 0 Å². The van der Waals surface area contributed by atoms with Crippen molar-refractivity contribution >= 4 is 11.6 Å². The van der Waals surface area contributed by atoms with Crippen LogP contribution < -0.4 is 10.1 Å². The van der Waals surface area contributed by atoms with Crippen molar-refractivity contribution in [2.24, 2.45) is 0 Å². The Morgan fingerprint density at radius 2 is 1.79 bits per heavy atom.